The number of likely N-dealkylation sites (tertiary alicyclic amines) is 1. The minimum absolute atomic E-state index is 0.142. The van der Waals surface area contributed by atoms with Gasteiger partial charge in [0.15, 0.2) is 5.82 Å². The number of aryl methyl sites for hydroxylation is 2. The lowest BCUT2D eigenvalue weighted by molar-refractivity contribution is 0.0322. The largest absolute Gasteiger partial charge is 0.494 e. The molecule has 0 spiro atoms. The van der Waals surface area contributed by atoms with Crippen molar-refractivity contribution in [2.75, 3.05) is 20.2 Å². The Balaban J connectivity index is 1.44. The highest BCUT2D eigenvalue weighted by atomic mass is 16.6. The Morgan fingerprint density at radius 2 is 2.03 bits per heavy atom. The molecule has 1 aliphatic rings. The molecule has 0 radical (unpaired) electrons. The summed E-state index contributed by atoms with van der Waals surface area (Å²) in [6.07, 6.45) is 2.32. The minimum Gasteiger partial charge on any atom is -0.494 e. The number of alkyl carbamates (subject to hydrolysis) is 1. The lowest BCUT2D eigenvalue weighted by Gasteiger charge is -2.33. The number of hydrogen-bond acceptors (Lipinski definition) is 6. The summed E-state index contributed by atoms with van der Waals surface area (Å²) in [4.78, 5) is 32.5. The van der Waals surface area contributed by atoms with E-state index in [4.69, 9.17) is 18.9 Å². The van der Waals surface area contributed by atoms with Crippen LogP contribution < -0.4 is 10.1 Å². The Kier molecular flexibility index (Phi) is 6.58. The zero-order chi connectivity index (χ0) is 27.2. The number of imidazole rings is 1. The van der Waals surface area contributed by atoms with Crippen LogP contribution in [0.1, 0.15) is 50.9 Å². The number of amides is 2. The maximum atomic E-state index is 13.6. The van der Waals surface area contributed by atoms with Crippen molar-refractivity contribution in [3.63, 3.8) is 0 Å². The van der Waals surface area contributed by atoms with Crippen molar-refractivity contribution >= 4 is 34.1 Å². The smallest absolute Gasteiger partial charge is 0.407 e. The van der Waals surface area contributed by atoms with Crippen LogP contribution in [0.2, 0.25) is 0 Å². The van der Waals surface area contributed by atoms with Crippen molar-refractivity contribution in [2.45, 2.75) is 58.7 Å². The molecule has 1 atom stereocenters. The van der Waals surface area contributed by atoms with Gasteiger partial charge in [-0.2, -0.15) is 0 Å². The molecule has 0 unspecified atom stereocenters. The lowest BCUT2D eigenvalue weighted by atomic mass is 10.1. The van der Waals surface area contributed by atoms with Crippen molar-refractivity contribution in [3.8, 4) is 17.3 Å². The van der Waals surface area contributed by atoms with Crippen LogP contribution >= 0.6 is 0 Å². The highest BCUT2D eigenvalue weighted by Gasteiger charge is 2.29. The molecule has 3 aromatic heterocycles. The van der Waals surface area contributed by atoms with Crippen LogP contribution in [0.15, 0.2) is 34.9 Å². The van der Waals surface area contributed by atoms with Gasteiger partial charge in [0.1, 0.15) is 17.4 Å². The van der Waals surface area contributed by atoms with Crippen molar-refractivity contribution < 1.29 is 23.5 Å². The molecule has 1 aromatic carbocycles. The standard InChI is InChI=1S/C28H35N5O5/c1-7-33-21(14-17-10-12-37-26(17)33)24-29-20-13-18(15-22(36-6)23(20)31(24)5)25(34)32-11-8-9-19(16-32)38-27(35)30-28(2,3)4/h10,12-15,19H,7-9,11,16H2,1-6H3,(H,30,35)/t19-/m1/s1. The molecule has 0 aliphatic carbocycles. The van der Waals surface area contributed by atoms with Crippen LogP contribution in [0, 0.1) is 0 Å². The van der Waals surface area contributed by atoms with Crippen LogP contribution in [0.3, 0.4) is 0 Å². The maximum absolute atomic E-state index is 13.6. The monoisotopic (exact) mass is 521 g/mol. The van der Waals surface area contributed by atoms with Crippen LogP contribution in [0.4, 0.5) is 4.79 Å². The van der Waals surface area contributed by atoms with Gasteiger partial charge in [-0.25, -0.2) is 9.78 Å². The van der Waals surface area contributed by atoms with Crippen LogP contribution in [-0.2, 0) is 18.3 Å². The number of furan rings is 1. The van der Waals surface area contributed by atoms with Crippen LogP contribution in [-0.4, -0.2) is 62.9 Å². The summed E-state index contributed by atoms with van der Waals surface area (Å²) in [6.45, 7) is 9.41. The van der Waals surface area contributed by atoms with E-state index in [1.165, 1.54) is 0 Å². The zero-order valence-corrected chi connectivity index (χ0v) is 22.8. The fourth-order valence-electron chi connectivity index (χ4n) is 5.18. The number of hydrogen-bond donors (Lipinski definition) is 1. The summed E-state index contributed by atoms with van der Waals surface area (Å²) in [5.74, 6) is 1.18. The van der Waals surface area contributed by atoms with Crippen LogP contribution in [0.25, 0.3) is 33.7 Å². The average Bonchev–Trinajstić information content (AvgIpc) is 3.54. The predicted molar refractivity (Wildman–Crippen MR) is 144 cm³/mol. The van der Waals surface area contributed by atoms with E-state index in [-0.39, 0.29) is 12.0 Å². The van der Waals surface area contributed by atoms with Crippen molar-refractivity contribution in [1.82, 2.24) is 24.3 Å². The van der Waals surface area contributed by atoms with Crippen molar-refractivity contribution in [1.29, 1.82) is 0 Å². The van der Waals surface area contributed by atoms with Gasteiger partial charge in [0, 0.05) is 36.6 Å². The predicted octanol–water partition coefficient (Wildman–Crippen LogP) is 4.95. The lowest BCUT2D eigenvalue weighted by Crippen LogP contribution is -2.47. The number of carbonyl (C=O) groups excluding carboxylic acids is 2. The first-order chi connectivity index (χ1) is 18.1. The Labute approximate surface area is 221 Å². The van der Waals surface area contributed by atoms with E-state index < -0.39 is 11.6 Å². The molecule has 5 rings (SSSR count). The molecular formula is C28H35N5O5. The highest BCUT2D eigenvalue weighted by Crippen LogP contribution is 2.35. The highest BCUT2D eigenvalue weighted by molar-refractivity contribution is 6.00. The van der Waals surface area contributed by atoms with Gasteiger partial charge < -0.3 is 33.2 Å². The zero-order valence-electron chi connectivity index (χ0n) is 22.8. The van der Waals surface area contributed by atoms with Gasteiger partial charge in [0.05, 0.1) is 31.1 Å². The molecule has 1 fully saturated rings. The quantitative estimate of drug-likeness (QED) is 0.399. The number of piperidine rings is 1. The van der Waals surface area contributed by atoms with Gasteiger partial charge in [-0.1, -0.05) is 0 Å². The van der Waals surface area contributed by atoms with E-state index in [0.717, 1.165) is 41.1 Å². The molecule has 4 aromatic rings. The van der Waals surface area contributed by atoms with E-state index in [1.807, 2.05) is 44.5 Å². The van der Waals surface area contributed by atoms with Gasteiger partial charge >= 0.3 is 6.09 Å². The Morgan fingerprint density at radius 3 is 2.74 bits per heavy atom. The normalized spacial score (nSPS) is 16.3. The Hall–Kier alpha value is -3.95. The third-order valence-electron chi connectivity index (χ3n) is 6.87. The first-order valence-corrected chi connectivity index (χ1v) is 13.0. The topological polar surface area (TPSA) is 104 Å². The van der Waals surface area contributed by atoms with Crippen molar-refractivity contribution in [2.24, 2.45) is 7.05 Å². The molecule has 0 bridgehead atoms. The third-order valence-corrected chi connectivity index (χ3v) is 6.87. The van der Waals surface area contributed by atoms with E-state index in [2.05, 4.69) is 22.9 Å². The third kappa shape index (κ3) is 4.70. The number of ether oxygens (including phenoxy) is 2. The molecule has 10 nitrogen and oxygen atoms in total. The second-order valence-electron chi connectivity index (χ2n) is 10.8. The van der Waals surface area contributed by atoms with Crippen LogP contribution in [0.5, 0.6) is 5.75 Å². The van der Waals surface area contributed by atoms with E-state index in [0.29, 0.717) is 36.3 Å². The number of aromatic nitrogens is 3. The molecule has 10 heteroatoms. The fourth-order valence-corrected chi connectivity index (χ4v) is 5.18. The number of methoxy groups -OCH3 is 1. The SMILES string of the molecule is CCn1c(-c2nc3cc(C(=O)N4CCC[C@@H](OC(=O)NC(C)(C)C)C4)cc(OC)c3n2C)cc2ccoc21. The van der Waals surface area contributed by atoms with Crippen molar-refractivity contribution in [3.05, 3.63) is 36.1 Å². The number of nitrogens with zero attached hydrogens (tertiary/aromatic N) is 4. The molecule has 0 saturated carbocycles. The molecule has 4 heterocycles. The fraction of sp³-hybridized carbons (Fsp3) is 0.464. The molecule has 1 saturated heterocycles. The second kappa shape index (κ2) is 9.74. The summed E-state index contributed by atoms with van der Waals surface area (Å²) in [5, 5.41) is 3.82. The molecule has 1 aliphatic heterocycles. The minimum atomic E-state index is -0.468. The van der Waals surface area contributed by atoms with Gasteiger partial charge in [0.2, 0.25) is 5.71 Å². The Bertz CT molecular complexity index is 1510. The number of rotatable bonds is 5. The number of nitrogens with one attached hydrogen (secondary N) is 1. The second-order valence-corrected chi connectivity index (χ2v) is 10.8. The molecule has 202 valence electrons. The summed E-state index contributed by atoms with van der Waals surface area (Å²) >= 11 is 0. The Morgan fingerprint density at radius 1 is 1.24 bits per heavy atom. The first kappa shape index (κ1) is 25.7. The van der Waals surface area contributed by atoms with Gasteiger partial charge in [0.25, 0.3) is 5.91 Å². The van der Waals surface area contributed by atoms with E-state index >= 15 is 0 Å². The molecule has 38 heavy (non-hydrogen) atoms. The van der Waals surface area contributed by atoms with Gasteiger partial charge in [-0.3, -0.25) is 4.79 Å². The average molecular weight is 522 g/mol. The molecule has 2 amide bonds. The maximum Gasteiger partial charge on any atom is 0.407 e. The summed E-state index contributed by atoms with van der Waals surface area (Å²) < 4.78 is 21.1. The number of fused-ring (bicyclic) bond motifs is 2. The molecular weight excluding hydrogens is 486 g/mol. The number of carbonyl (C=O) groups is 2. The van der Waals surface area contributed by atoms with Gasteiger partial charge in [-0.15, -0.1) is 0 Å². The van der Waals surface area contributed by atoms with Gasteiger partial charge in [-0.05, 0) is 64.8 Å². The number of benzene rings is 1. The molecule has 1 N–H and O–H groups in total. The first-order valence-electron chi connectivity index (χ1n) is 13.0. The van der Waals surface area contributed by atoms with E-state index in [9.17, 15) is 9.59 Å². The summed E-state index contributed by atoms with van der Waals surface area (Å²) in [5.41, 5.74) is 3.30. The summed E-state index contributed by atoms with van der Waals surface area (Å²) in [7, 11) is 3.54. The van der Waals surface area contributed by atoms with E-state index in [1.54, 1.807) is 24.3 Å². The summed E-state index contributed by atoms with van der Waals surface area (Å²) in [6, 6.07) is 7.57.